The maximum atomic E-state index is 13.4. The van der Waals surface area contributed by atoms with Crippen LogP contribution in [0.5, 0.6) is 0 Å². The second-order valence-electron chi connectivity index (χ2n) is 4.55. The van der Waals surface area contributed by atoms with E-state index in [2.05, 4.69) is 5.32 Å². The third-order valence-electron chi connectivity index (χ3n) is 2.87. The van der Waals surface area contributed by atoms with Crippen LogP contribution < -0.4 is 5.32 Å². The minimum atomic E-state index is -0.479. The first-order chi connectivity index (χ1) is 10.5. The maximum Gasteiger partial charge on any atom is 0.269 e. The molecule has 0 aliphatic rings. The van der Waals surface area contributed by atoms with Crippen LogP contribution in [0.4, 0.5) is 15.8 Å². The van der Waals surface area contributed by atoms with E-state index in [0.29, 0.717) is 11.3 Å². The third kappa shape index (κ3) is 4.29. The van der Waals surface area contributed by atoms with E-state index in [0.717, 1.165) is 4.90 Å². The number of carbonyl (C=O) groups excluding carboxylic acids is 1. The summed E-state index contributed by atoms with van der Waals surface area (Å²) in [6.45, 7) is 1.64. The number of hydrogen-bond acceptors (Lipinski definition) is 4. The Hall–Kier alpha value is -2.41. The van der Waals surface area contributed by atoms with Gasteiger partial charge >= 0.3 is 0 Å². The van der Waals surface area contributed by atoms with Crippen molar-refractivity contribution in [2.45, 2.75) is 11.8 Å². The first-order valence-electron chi connectivity index (χ1n) is 6.39. The largest absolute Gasteiger partial charge is 0.325 e. The van der Waals surface area contributed by atoms with E-state index in [1.54, 1.807) is 31.2 Å². The monoisotopic (exact) mass is 320 g/mol. The summed E-state index contributed by atoms with van der Waals surface area (Å²) in [5.41, 5.74) is 0.916. The number of non-ortho nitro benzene ring substituents is 1. The fourth-order valence-corrected chi connectivity index (χ4v) is 2.38. The van der Waals surface area contributed by atoms with Gasteiger partial charge in [-0.15, -0.1) is 11.8 Å². The molecule has 0 aliphatic heterocycles. The van der Waals surface area contributed by atoms with Crippen molar-refractivity contribution < 1.29 is 14.1 Å². The van der Waals surface area contributed by atoms with E-state index in [1.807, 2.05) is 0 Å². The van der Waals surface area contributed by atoms with Gasteiger partial charge in [-0.25, -0.2) is 4.39 Å². The van der Waals surface area contributed by atoms with Gasteiger partial charge in [0.1, 0.15) is 5.82 Å². The zero-order chi connectivity index (χ0) is 16.1. The summed E-state index contributed by atoms with van der Waals surface area (Å²) in [6, 6.07) is 10.4. The molecule has 7 heteroatoms. The number of halogens is 1. The van der Waals surface area contributed by atoms with Crippen LogP contribution in [-0.4, -0.2) is 16.6 Å². The molecular weight excluding hydrogens is 307 g/mol. The lowest BCUT2D eigenvalue weighted by atomic mass is 10.2. The molecule has 2 aromatic rings. The van der Waals surface area contributed by atoms with Crippen LogP contribution in [0.3, 0.4) is 0 Å². The lowest BCUT2D eigenvalue weighted by Crippen LogP contribution is -2.14. The van der Waals surface area contributed by atoms with Crippen LogP contribution in [-0.2, 0) is 4.79 Å². The summed E-state index contributed by atoms with van der Waals surface area (Å²) >= 11 is 1.25. The van der Waals surface area contributed by atoms with Gasteiger partial charge in [-0.3, -0.25) is 14.9 Å². The van der Waals surface area contributed by atoms with Gasteiger partial charge in [0.05, 0.1) is 10.7 Å². The molecule has 22 heavy (non-hydrogen) atoms. The van der Waals surface area contributed by atoms with E-state index in [1.165, 1.54) is 30.0 Å². The number of carbonyl (C=O) groups is 1. The fourth-order valence-electron chi connectivity index (χ4n) is 1.68. The number of nitrogens with zero attached hydrogens (tertiary/aromatic N) is 1. The molecule has 0 spiro atoms. The first kappa shape index (κ1) is 16.0. The second kappa shape index (κ2) is 7.04. The molecule has 0 atom stereocenters. The molecule has 0 heterocycles. The number of nitro benzene ring substituents is 1. The minimum absolute atomic E-state index is 0.00364. The number of benzene rings is 2. The van der Waals surface area contributed by atoms with Crippen LogP contribution in [0.15, 0.2) is 47.4 Å². The lowest BCUT2D eigenvalue weighted by Gasteiger charge is -2.06. The van der Waals surface area contributed by atoms with Crippen LogP contribution in [0.1, 0.15) is 5.56 Å². The topological polar surface area (TPSA) is 72.2 Å². The highest BCUT2D eigenvalue weighted by Crippen LogP contribution is 2.21. The van der Waals surface area contributed by atoms with Gasteiger partial charge in [-0.05, 0) is 36.8 Å². The molecule has 0 saturated heterocycles. The summed E-state index contributed by atoms with van der Waals surface area (Å²) in [5, 5.41) is 13.1. The number of rotatable bonds is 5. The summed E-state index contributed by atoms with van der Waals surface area (Å²) in [6.07, 6.45) is 0. The number of thioether (sulfide) groups is 1. The molecule has 2 rings (SSSR count). The maximum absolute atomic E-state index is 13.4. The van der Waals surface area contributed by atoms with Crippen LogP contribution in [0.25, 0.3) is 0 Å². The molecular formula is C15H13FN2O3S. The molecule has 1 amide bonds. The van der Waals surface area contributed by atoms with Crippen molar-refractivity contribution in [2.24, 2.45) is 0 Å². The Morgan fingerprint density at radius 2 is 1.95 bits per heavy atom. The van der Waals surface area contributed by atoms with E-state index >= 15 is 0 Å². The van der Waals surface area contributed by atoms with Crippen LogP contribution in [0.2, 0.25) is 0 Å². The molecule has 0 bridgehead atoms. The van der Waals surface area contributed by atoms with Gasteiger partial charge in [0, 0.05) is 22.7 Å². The molecule has 0 unspecified atom stereocenters. The first-order valence-corrected chi connectivity index (χ1v) is 7.37. The van der Waals surface area contributed by atoms with Gasteiger partial charge in [0.15, 0.2) is 0 Å². The van der Waals surface area contributed by atoms with Gasteiger partial charge in [0.2, 0.25) is 5.91 Å². The average molecular weight is 320 g/mol. The van der Waals surface area contributed by atoms with Crippen LogP contribution >= 0.6 is 11.8 Å². The zero-order valence-corrected chi connectivity index (χ0v) is 12.5. The van der Waals surface area contributed by atoms with Crippen molar-refractivity contribution in [1.82, 2.24) is 0 Å². The average Bonchev–Trinajstić information content (AvgIpc) is 2.49. The van der Waals surface area contributed by atoms with Crippen molar-refractivity contribution in [2.75, 3.05) is 11.1 Å². The van der Waals surface area contributed by atoms with Crippen molar-refractivity contribution in [1.29, 1.82) is 0 Å². The van der Waals surface area contributed by atoms with Gasteiger partial charge in [-0.2, -0.15) is 0 Å². The van der Waals surface area contributed by atoms with Crippen molar-refractivity contribution in [3.63, 3.8) is 0 Å². The number of amides is 1. The fraction of sp³-hybridized carbons (Fsp3) is 0.133. The van der Waals surface area contributed by atoms with Gasteiger partial charge in [0.25, 0.3) is 5.69 Å². The van der Waals surface area contributed by atoms with E-state index < -0.39 is 4.92 Å². The van der Waals surface area contributed by atoms with E-state index in [9.17, 15) is 19.3 Å². The number of nitro groups is 1. The van der Waals surface area contributed by atoms with Crippen molar-refractivity contribution in [3.8, 4) is 0 Å². The molecule has 0 aromatic heterocycles. The summed E-state index contributed by atoms with van der Waals surface area (Å²) in [4.78, 5) is 22.6. The summed E-state index contributed by atoms with van der Waals surface area (Å²) < 4.78 is 13.4. The molecule has 1 N–H and O–H groups in total. The summed E-state index contributed by atoms with van der Waals surface area (Å²) in [7, 11) is 0. The predicted molar refractivity (Wildman–Crippen MR) is 83.6 cm³/mol. The molecule has 0 radical (unpaired) electrons. The Bertz CT molecular complexity index is 704. The predicted octanol–water partition coefficient (Wildman–Crippen LogP) is 3.77. The lowest BCUT2D eigenvalue weighted by molar-refractivity contribution is -0.384. The Labute approximate surface area is 130 Å². The molecule has 2 aromatic carbocycles. The normalized spacial score (nSPS) is 10.3. The standard InChI is InChI=1S/C15H13FN2O3S/c1-10-2-3-11(8-14(10)16)17-15(19)9-22-13-6-4-12(5-7-13)18(20)21/h2-8H,9H2,1H3,(H,17,19). The Morgan fingerprint density at radius 3 is 2.55 bits per heavy atom. The highest BCUT2D eigenvalue weighted by Gasteiger charge is 2.07. The number of aryl methyl sites for hydroxylation is 1. The number of nitrogens with one attached hydrogen (secondary N) is 1. The highest BCUT2D eigenvalue weighted by atomic mass is 32.2. The smallest absolute Gasteiger partial charge is 0.269 e. The van der Waals surface area contributed by atoms with Gasteiger partial charge < -0.3 is 5.32 Å². The number of hydrogen-bond donors (Lipinski definition) is 1. The van der Waals surface area contributed by atoms with Crippen molar-refractivity contribution >= 4 is 29.0 Å². The minimum Gasteiger partial charge on any atom is -0.325 e. The molecule has 5 nitrogen and oxygen atoms in total. The third-order valence-corrected chi connectivity index (χ3v) is 3.89. The highest BCUT2D eigenvalue weighted by molar-refractivity contribution is 8.00. The van der Waals surface area contributed by atoms with Crippen molar-refractivity contribution in [3.05, 3.63) is 64.0 Å². The SMILES string of the molecule is Cc1ccc(NC(=O)CSc2ccc([N+](=O)[O-])cc2)cc1F. The molecule has 0 fully saturated rings. The number of anilines is 1. The quantitative estimate of drug-likeness (QED) is 0.517. The van der Waals surface area contributed by atoms with E-state index in [4.69, 9.17) is 0 Å². The van der Waals surface area contributed by atoms with E-state index in [-0.39, 0.29) is 23.2 Å². The Kier molecular flexibility index (Phi) is 5.11. The summed E-state index contributed by atoms with van der Waals surface area (Å²) in [5.74, 6) is -0.514. The van der Waals surface area contributed by atoms with Gasteiger partial charge in [-0.1, -0.05) is 6.07 Å². The second-order valence-corrected chi connectivity index (χ2v) is 5.60. The molecule has 0 aliphatic carbocycles. The molecule has 0 saturated carbocycles. The van der Waals surface area contributed by atoms with Crippen LogP contribution in [0, 0.1) is 22.9 Å². The zero-order valence-electron chi connectivity index (χ0n) is 11.7. The Balaban J connectivity index is 1.89. The Morgan fingerprint density at radius 1 is 1.27 bits per heavy atom. The molecule has 114 valence electrons.